The van der Waals surface area contributed by atoms with E-state index in [0.29, 0.717) is 15.3 Å². The zero-order valence-electron chi connectivity index (χ0n) is 21.8. The van der Waals surface area contributed by atoms with Gasteiger partial charge in [-0.1, -0.05) is 23.7 Å². The molecule has 0 fully saturated rings. The van der Waals surface area contributed by atoms with E-state index in [1.54, 1.807) is 0 Å². The number of alkyl halides is 6. The van der Waals surface area contributed by atoms with Crippen LogP contribution in [0.1, 0.15) is 17.2 Å². The van der Waals surface area contributed by atoms with E-state index in [9.17, 15) is 49.5 Å². The number of nitrogens with zero attached hydrogens (tertiary/aromatic N) is 4. The highest BCUT2D eigenvalue weighted by molar-refractivity contribution is 7.89. The summed E-state index contributed by atoms with van der Waals surface area (Å²) in [5.41, 5.74) is -2.43. The van der Waals surface area contributed by atoms with E-state index in [1.807, 2.05) is 0 Å². The minimum absolute atomic E-state index is 0.115. The lowest BCUT2D eigenvalue weighted by atomic mass is 10.0. The molecule has 1 heterocycles. The molecule has 0 saturated heterocycles. The molecule has 0 radical (unpaired) electrons. The van der Waals surface area contributed by atoms with Crippen molar-refractivity contribution < 1.29 is 44.7 Å². The molecule has 3 aromatic rings. The van der Waals surface area contributed by atoms with Gasteiger partial charge in [0.15, 0.2) is 11.9 Å². The van der Waals surface area contributed by atoms with Gasteiger partial charge in [-0.05, 0) is 42.0 Å². The lowest BCUT2D eigenvalue weighted by Gasteiger charge is -2.22. The molecule has 0 aliphatic carbocycles. The van der Waals surface area contributed by atoms with Gasteiger partial charge in [0.05, 0.1) is 23.9 Å². The molecule has 2 unspecified atom stereocenters. The first-order valence-electron chi connectivity index (χ1n) is 11.8. The minimum atomic E-state index is -5.09. The van der Waals surface area contributed by atoms with Crippen molar-refractivity contribution in [2.45, 2.75) is 37.6 Å². The van der Waals surface area contributed by atoms with Crippen molar-refractivity contribution in [2.24, 2.45) is 0 Å². The second-order valence-electron chi connectivity index (χ2n) is 9.24. The van der Waals surface area contributed by atoms with Crippen LogP contribution in [0.2, 0.25) is 5.02 Å². The summed E-state index contributed by atoms with van der Waals surface area (Å²) < 4.78 is 106. The summed E-state index contributed by atoms with van der Waals surface area (Å²) in [6.45, 7) is -2.22. The summed E-state index contributed by atoms with van der Waals surface area (Å²) in [6.07, 6.45) is -12.8. The summed E-state index contributed by atoms with van der Waals surface area (Å²) in [7, 11) is -1.72. The van der Waals surface area contributed by atoms with Crippen LogP contribution in [-0.2, 0) is 34.1 Å². The Bertz CT molecular complexity index is 1590. The number of aromatic nitrogens is 3. The molecule has 1 aromatic heterocycles. The molecule has 3 rings (SSSR count). The van der Waals surface area contributed by atoms with Crippen LogP contribution in [0, 0.1) is 0 Å². The third-order valence-corrected chi connectivity index (χ3v) is 8.06. The maximum atomic E-state index is 13.3. The van der Waals surface area contributed by atoms with Crippen LogP contribution < -0.4 is 11.0 Å². The molecule has 2 aromatic carbocycles. The molecule has 0 saturated carbocycles. The number of nitrogens with one attached hydrogen (secondary N) is 1. The molecule has 2 N–H and O–H groups in total. The van der Waals surface area contributed by atoms with Gasteiger partial charge in [-0.2, -0.15) is 26.3 Å². The minimum Gasteiger partial charge on any atom is -0.382 e. The summed E-state index contributed by atoms with van der Waals surface area (Å²) in [5.74, 6) is -2.29. The smallest absolute Gasteiger partial charge is 0.382 e. The standard InChI is InChI=1S/C24H24ClF6N5O5S/c1-34(2)42(40,41)13-18(15-4-3-5-16(10-15)23(26,27)28)32-20(38)12-36-22(39)35(11-19(37)24(29,30)31)21(33-36)14-6-8-17(25)9-7-14/h3-10,18-19,37H,11-13H2,1-2H3,(H,32,38). The summed E-state index contributed by atoms with van der Waals surface area (Å²) in [6, 6.07) is 7.48. The van der Waals surface area contributed by atoms with Crippen molar-refractivity contribution in [1.29, 1.82) is 0 Å². The highest BCUT2D eigenvalue weighted by Gasteiger charge is 2.39. The van der Waals surface area contributed by atoms with Crippen molar-refractivity contribution in [3.63, 3.8) is 0 Å². The van der Waals surface area contributed by atoms with Gasteiger partial charge in [0.25, 0.3) is 0 Å². The molecule has 1 amide bonds. The van der Waals surface area contributed by atoms with Gasteiger partial charge in [0.2, 0.25) is 15.9 Å². The molecular weight excluding hydrogens is 620 g/mol. The predicted octanol–water partition coefficient (Wildman–Crippen LogP) is 3.06. The molecule has 230 valence electrons. The van der Waals surface area contributed by atoms with Gasteiger partial charge >= 0.3 is 18.0 Å². The molecule has 0 aliphatic rings. The van der Waals surface area contributed by atoms with Gasteiger partial charge in [-0.15, -0.1) is 5.10 Å². The lowest BCUT2D eigenvalue weighted by Crippen LogP contribution is -2.41. The second-order valence-corrected chi connectivity index (χ2v) is 11.9. The highest BCUT2D eigenvalue weighted by Crippen LogP contribution is 2.31. The number of halogens is 7. The summed E-state index contributed by atoms with van der Waals surface area (Å²) >= 11 is 5.84. The van der Waals surface area contributed by atoms with Gasteiger partial charge < -0.3 is 10.4 Å². The molecule has 0 aliphatic heterocycles. The molecule has 18 heteroatoms. The van der Waals surface area contributed by atoms with E-state index in [2.05, 4.69) is 10.4 Å². The lowest BCUT2D eigenvalue weighted by molar-refractivity contribution is -0.207. The van der Waals surface area contributed by atoms with Gasteiger partial charge in [-0.3, -0.25) is 9.36 Å². The molecule has 0 bridgehead atoms. The topological polar surface area (TPSA) is 127 Å². The Balaban J connectivity index is 1.99. The average Bonchev–Trinajstić information content (AvgIpc) is 3.17. The third-order valence-electron chi connectivity index (χ3n) is 5.94. The molecular formula is C24H24ClF6N5O5S. The van der Waals surface area contributed by atoms with E-state index in [0.717, 1.165) is 16.4 Å². The van der Waals surface area contributed by atoms with Crippen LogP contribution in [0.25, 0.3) is 11.4 Å². The van der Waals surface area contributed by atoms with E-state index in [1.165, 1.54) is 44.4 Å². The zero-order valence-corrected chi connectivity index (χ0v) is 23.4. The van der Waals surface area contributed by atoms with Crippen molar-refractivity contribution in [3.05, 3.63) is 75.2 Å². The van der Waals surface area contributed by atoms with Gasteiger partial charge in [0.1, 0.15) is 6.54 Å². The number of carbonyl (C=O) groups is 1. The number of aliphatic hydroxyl groups excluding tert-OH is 1. The Morgan fingerprint density at radius 3 is 2.26 bits per heavy atom. The van der Waals surface area contributed by atoms with Crippen LogP contribution >= 0.6 is 11.6 Å². The molecule has 0 spiro atoms. The Kier molecular flexibility index (Phi) is 9.81. The van der Waals surface area contributed by atoms with E-state index in [4.69, 9.17) is 11.6 Å². The van der Waals surface area contributed by atoms with Crippen molar-refractivity contribution in [3.8, 4) is 11.4 Å². The number of hydrogen-bond donors (Lipinski definition) is 2. The van der Waals surface area contributed by atoms with Crippen LogP contribution in [0.3, 0.4) is 0 Å². The van der Waals surface area contributed by atoms with Crippen LogP contribution in [0.4, 0.5) is 26.3 Å². The number of amides is 1. The Morgan fingerprint density at radius 1 is 1.10 bits per heavy atom. The van der Waals surface area contributed by atoms with Gasteiger partial charge in [-0.25, -0.2) is 22.2 Å². The van der Waals surface area contributed by atoms with Gasteiger partial charge in [0, 0.05) is 24.7 Å². The van der Waals surface area contributed by atoms with E-state index >= 15 is 0 Å². The number of aliphatic hydroxyl groups is 1. The van der Waals surface area contributed by atoms with E-state index in [-0.39, 0.29) is 22.0 Å². The first-order valence-corrected chi connectivity index (χ1v) is 13.8. The fourth-order valence-electron chi connectivity index (χ4n) is 3.69. The summed E-state index contributed by atoms with van der Waals surface area (Å²) in [5, 5.41) is 16.0. The Morgan fingerprint density at radius 2 is 1.71 bits per heavy atom. The Hall–Kier alpha value is -3.41. The first kappa shape index (κ1) is 33.1. The third kappa shape index (κ3) is 8.11. The fourth-order valence-corrected chi connectivity index (χ4v) is 4.81. The monoisotopic (exact) mass is 643 g/mol. The summed E-state index contributed by atoms with van der Waals surface area (Å²) in [4.78, 5) is 26.0. The number of benzene rings is 2. The quantitative estimate of drug-likeness (QED) is 0.327. The van der Waals surface area contributed by atoms with E-state index < -0.39 is 70.5 Å². The predicted molar refractivity (Wildman–Crippen MR) is 139 cm³/mol. The first-order chi connectivity index (χ1) is 19.3. The largest absolute Gasteiger partial charge is 0.416 e. The fraction of sp³-hybridized carbons (Fsp3) is 0.375. The maximum Gasteiger partial charge on any atom is 0.416 e. The highest BCUT2D eigenvalue weighted by atomic mass is 35.5. The number of sulfonamides is 1. The molecule has 10 nitrogen and oxygen atoms in total. The zero-order chi connectivity index (χ0) is 31.6. The SMILES string of the molecule is CN(C)S(=O)(=O)CC(NC(=O)Cn1nc(-c2ccc(Cl)cc2)n(CC(O)C(F)(F)F)c1=O)c1cccc(C(F)(F)F)c1. The number of carbonyl (C=O) groups excluding carboxylic acids is 1. The van der Waals surface area contributed by atoms with Crippen LogP contribution in [0.15, 0.2) is 53.3 Å². The number of hydrogen-bond acceptors (Lipinski definition) is 6. The van der Waals surface area contributed by atoms with Crippen LogP contribution in [-0.4, -0.2) is 70.2 Å². The van der Waals surface area contributed by atoms with Crippen molar-refractivity contribution in [1.82, 2.24) is 24.0 Å². The molecule has 42 heavy (non-hydrogen) atoms. The normalized spacial score (nSPS) is 14.2. The van der Waals surface area contributed by atoms with Crippen molar-refractivity contribution in [2.75, 3.05) is 19.8 Å². The average molecular weight is 644 g/mol. The van der Waals surface area contributed by atoms with Crippen molar-refractivity contribution >= 4 is 27.5 Å². The number of rotatable bonds is 10. The van der Waals surface area contributed by atoms with Crippen LogP contribution in [0.5, 0.6) is 0 Å². The Labute approximate surface area is 240 Å². The maximum absolute atomic E-state index is 13.3. The molecule has 2 atom stereocenters. The second kappa shape index (κ2) is 12.4.